The van der Waals surface area contributed by atoms with Gasteiger partial charge in [-0.05, 0) is 101 Å². The number of rotatable bonds is 3. The molecule has 3 nitrogen and oxygen atoms in total. The number of hydrogen-bond donors (Lipinski definition) is 0. The van der Waals surface area contributed by atoms with Crippen molar-refractivity contribution in [3.8, 4) is 17.1 Å². The highest BCUT2D eigenvalue weighted by atomic mass is 15.0. The summed E-state index contributed by atoms with van der Waals surface area (Å²) in [5.74, 6) is 0. The van der Waals surface area contributed by atoms with Gasteiger partial charge in [0, 0.05) is 65.9 Å². The zero-order valence-corrected chi connectivity index (χ0v) is 45.6. The van der Waals surface area contributed by atoms with Gasteiger partial charge in [-0.15, -0.1) is 0 Å². The molecule has 3 aromatic heterocycles. The summed E-state index contributed by atoms with van der Waals surface area (Å²) < 4.78 is 7.43. The van der Waals surface area contributed by atoms with Crippen molar-refractivity contribution >= 4 is 135 Å². The zero-order chi connectivity index (χ0) is 53.9. The molecule has 0 aliphatic carbocycles. The van der Waals surface area contributed by atoms with Crippen molar-refractivity contribution in [2.24, 2.45) is 0 Å². The van der Waals surface area contributed by atoms with Gasteiger partial charge in [0.05, 0.1) is 16.6 Å². The second-order valence-corrected chi connectivity index (χ2v) is 22.4. The Morgan fingerprint density at radius 1 is 0.259 bits per heavy atom. The summed E-state index contributed by atoms with van der Waals surface area (Å²) in [6.45, 7) is 7.42. The van der Waals surface area contributed by atoms with E-state index in [2.05, 4.69) is 307 Å². The molecule has 0 radical (unpaired) electrons. The first-order valence-corrected chi connectivity index (χ1v) is 28.5. The Hall–Kier alpha value is -9.77. The molecule has 0 saturated heterocycles. The average molecular weight is 1030 g/mol. The second kappa shape index (κ2) is 18.7. The molecule has 0 unspecified atom stereocenters. The van der Waals surface area contributed by atoms with Gasteiger partial charge in [-0.25, -0.2) is 0 Å². The number of hydrogen-bond acceptors (Lipinski definition) is 0. The van der Waals surface area contributed by atoms with Crippen LogP contribution in [0.5, 0.6) is 0 Å². The maximum absolute atomic E-state index is 2.49. The van der Waals surface area contributed by atoms with Crippen LogP contribution in [0.2, 0.25) is 0 Å². The van der Waals surface area contributed by atoms with E-state index in [9.17, 15) is 0 Å². The van der Waals surface area contributed by atoms with Crippen LogP contribution in [0.15, 0.2) is 273 Å². The number of benzene rings is 12. The van der Waals surface area contributed by atoms with Crippen molar-refractivity contribution in [2.75, 3.05) is 0 Å². The molecule has 0 bridgehead atoms. The van der Waals surface area contributed by atoms with Gasteiger partial charge in [-0.1, -0.05) is 259 Å². The Bertz CT molecular complexity index is 5000. The number of aromatic nitrogens is 3. The van der Waals surface area contributed by atoms with Crippen molar-refractivity contribution < 1.29 is 0 Å². The monoisotopic (exact) mass is 1030 g/mol. The van der Waals surface area contributed by atoms with Crippen LogP contribution in [0.1, 0.15) is 16.7 Å². The van der Waals surface area contributed by atoms with Crippen LogP contribution in [0.3, 0.4) is 0 Å². The molecule has 81 heavy (non-hydrogen) atoms. The van der Waals surface area contributed by atoms with Crippen LogP contribution in [0.4, 0.5) is 0 Å². The molecule has 0 saturated carbocycles. The molecule has 0 spiro atoms. The maximum Gasteiger partial charge on any atom is 0.246 e. The summed E-state index contributed by atoms with van der Waals surface area (Å²) in [7, 11) is 0. The first-order valence-electron chi connectivity index (χ1n) is 28.5. The zero-order valence-electron chi connectivity index (χ0n) is 45.6. The van der Waals surface area contributed by atoms with Crippen LogP contribution in [-0.4, -0.2) is 33.8 Å². The van der Waals surface area contributed by atoms with Gasteiger partial charge in [-0.3, -0.25) is 0 Å². The van der Waals surface area contributed by atoms with E-state index in [0.717, 1.165) is 0 Å². The van der Waals surface area contributed by atoms with Crippen LogP contribution >= 0.6 is 0 Å². The highest BCUT2D eigenvalue weighted by Crippen LogP contribution is 2.37. The molecule has 0 fully saturated rings. The van der Waals surface area contributed by atoms with E-state index < -0.39 is 0 Å². The third-order valence-corrected chi connectivity index (χ3v) is 17.9. The summed E-state index contributed by atoms with van der Waals surface area (Å²) in [6, 6.07) is 99.8. The molecular weight excluding hydrogens is 975 g/mol. The van der Waals surface area contributed by atoms with Crippen LogP contribution < -0.4 is 49.2 Å². The lowest BCUT2D eigenvalue weighted by molar-refractivity contribution is 1.16. The van der Waals surface area contributed by atoms with E-state index in [1.54, 1.807) is 0 Å². The lowest BCUT2D eigenvalue weighted by Gasteiger charge is -2.28. The molecule has 3 aliphatic heterocycles. The van der Waals surface area contributed by atoms with Crippen molar-refractivity contribution in [2.45, 2.75) is 20.8 Å². The van der Waals surface area contributed by atoms with E-state index in [1.165, 1.54) is 148 Å². The Morgan fingerprint density at radius 2 is 0.654 bits per heavy atom. The third-order valence-electron chi connectivity index (χ3n) is 17.9. The lowest BCUT2D eigenvalue weighted by atomic mass is 9.35. The average Bonchev–Trinajstić information content (AvgIpc) is 3.67. The van der Waals surface area contributed by atoms with E-state index in [0.29, 0.717) is 0 Å². The fraction of sp³-hybridized carbons (Fsp3) is 0.0400. The normalized spacial score (nSPS) is 12.6. The fourth-order valence-corrected chi connectivity index (χ4v) is 14.6. The van der Waals surface area contributed by atoms with Gasteiger partial charge < -0.3 is 13.7 Å². The number of aryl methyl sites for hydroxylation is 3. The summed E-state index contributed by atoms with van der Waals surface area (Å²) >= 11 is 0. The molecule has 3 aliphatic rings. The Kier molecular flexibility index (Phi) is 10.9. The topological polar surface area (TPSA) is 14.8 Å². The molecular formula is C75H54B3N3. The number of para-hydroxylation sites is 7. The fourth-order valence-electron chi connectivity index (χ4n) is 14.6. The lowest BCUT2D eigenvalue weighted by Crippen LogP contribution is -2.56. The van der Waals surface area contributed by atoms with E-state index >= 15 is 0 Å². The summed E-state index contributed by atoms with van der Waals surface area (Å²) in [5, 5.41) is 8.10. The quantitative estimate of drug-likeness (QED) is 0.157. The highest BCUT2D eigenvalue weighted by molar-refractivity contribution is 6.99. The van der Waals surface area contributed by atoms with Crippen LogP contribution in [0, 0.1) is 20.8 Å². The van der Waals surface area contributed by atoms with E-state index in [1.807, 2.05) is 0 Å². The molecule has 0 atom stereocenters. The molecule has 15 aromatic rings. The minimum absolute atomic E-state index is 0.265. The minimum Gasteiger partial charge on any atom is -0.310 e. The van der Waals surface area contributed by atoms with Crippen LogP contribution in [0.25, 0.3) is 82.5 Å². The van der Waals surface area contributed by atoms with E-state index in [4.69, 9.17) is 0 Å². The molecule has 6 heterocycles. The Morgan fingerprint density at radius 3 is 1.27 bits per heavy atom. The molecule has 18 rings (SSSR count). The largest absolute Gasteiger partial charge is 0.310 e. The first kappa shape index (κ1) is 47.3. The van der Waals surface area contributed by atoms with Crippen LogP contribution in [-0.2, 0) is 0 Å². The second-order valence-electron chi connectivity index (χ2n) is 22.4. The molecule has 0 N–H and O–H groups in total. The molecule has 378 valence electrons. The highest BCUT2D eigenvalue weighted by Gasteiger charge is 2.36. The van der Waals surface area contributed by atoms with Gasteiger partial charge in [0.1, 0.15) is 0 Å². The van der Waals surface area contributed by atoms with Gasteiger partial charge >= 0.3 is 0 Å². The third kappa shape index (κ3) is 7.12. The molecule has 6 heteroatoms. The maximum atomic E-state index is 2.49. The van der Waals surface area contributed by atoms with Gasteiger partial charge in [0.2, 0.25) is 20.1 Å². The van der Waals surface area contributed by atoms with Gasteiger partial charge in [0.25, 0.3) is 0 Å². The van der Waals surface area contributed by atoms with E-state index in [-0.39, 0.29) is 20.1 Å². The number of nitrogens with zero attached hydrogens (tertiary/aromatic N) is 3. The molecule has 0 amide bonds. The number of fused-ring (bicyclic) bond motifs is 15. The van der Waals surface area contributed by atoms with Crippen molar-refractivity contribution in [3.63, 3.8) is 0 Å². The summed E-state index contributed by atoms with van der Waals surface area (Å²) in [4.78, 5) is 0. The summed E-state index contributed by atoms with van der Waals surface area (Å²) in [5.41, 5.74) is 28.3. The Labute approximate surface area is 473 Å². The summed E-state index contributed by atoms with van der Waals surface area (Å²) in [6.07, 6.45) is 0. The SMILES string of the molecule is Cc1ccc2c(c1)c1cccc3c1n2-c1ccccc1B3c1ccccc1.Cc1cccc2c1-n1c3ccccc3c3cccc(c31)B2c1ccccc1.Cc1cccc2c1c1cccc3c1n2-c1ccccc1B3c1ccccc1. The van der Waals surface area contributed by atoms with Crippen molar-refractivity contribution in [3.05, 3.63) is 290 Å². The molecule has 12 aromatic carbocycles. The van der Waals surface area contributed by atoms with Gasteiger partial charge in [0.15, 0.2) is 0 Å². The predicted octanol–water partition coefficient (Wildman–Crippen LogP) is 11.8. The van der Waals surface area contributed by atoms with Gasteiger partial charge in [-0.2, -0.15) is 0 Å². The Balaban J connectivity index is 0.000000100. The standard InChI is InChI=1S/3C25H18BN/c1-17-9-7-16-23-24(17)19-12-8-14-21-25(19)27(23)22-15-6-5-13-20(22)26(21)18-10-3-2-4-11-18;1-17-9-7-14-21-24(17)27-23-16-6-5-12-19(23)20-13-8-15-22(25(20)27)26(21)18-10-3-2-4-11-18;1-17-14-15-23-20(16-17)19-10-7-12-22-25(19)27(23)24-13-6-5-11-21(24)26(22)18-8-3-2-4-9-18/h3*2-16H,1H3. The van der Waals surface area contributed by atoms with Crippen molar-refractivity contribution in [1.29, 1.82) is 0 Å². The smallest absolute Gasteiger partial charge is 0.246 e. The predicted molar refractivity (Wildman–Crippen MR) is 350 cm³/mol. The first-order chi connectivity index (χ1) is 40.0. The van der Waals surface area contributed by atoms with Crippen molar-refractivity contribution in [1.82, 2.24) is 13.7 Å². The minimum atomic E-state index is 0.265.